The lowest BCUT2D eigenvalue weighted by molar-refractivity contribution is 0.726. The monoisotopic (exact) mass is 704 g/mol. The molecule has 8 aromatic carbocycles. The highest BCUT2D eigenvalue weighted by molar-refractivity contribution is 7.99. The lowest BCUT2D eigenvalue weighted by atomic mass is 9.66. The summed E-state index contributed by atoms with van der Waals surface area (Å²) in [5.41, 5.74) is 14.9. The predicted molar refractivity (Wildman–Crippen MR) is 223 cm³/mol. The number of benzene rings is 8. The van der Waals surface area contributed by atoms with Gasteiger partial charge in [0.05, 0.1) is 16.8 Å². The van der Waals surface area contributed by atoms with E-state index in [9.17, 15) is 0 Å². The maximum Gasteiger partial charge on any atom is 0.160 e. The summed E-state index contributed by atoms with van der Waals surface area (Å²) < 4.78 is 0. The zero-order valence-electron chi connectivity index (χ0n) is 29.3. The van der Waals surface area contributed by atoms with Crippen molar-refractivity contribution in [2.45, 2.75) is 15.2 Å². The van der Waals surface area contributed by atoms with Gasteiger partial charge in [0.2, 0.25) is 0 Å². The predicted octanol–water partition coefficient (Wildman–Crippen LogP) is 13.1. The van der Waals surface area contributed by atoms with Gasteiger partial charge in [-0.25, -0.2) is 9.97 Å². The van der Waals surface area contributed by atoms with Gasteiger partial charge >= 0.3 is 0 Å². The topological polar surface area (TPSA) is 25.8 Å². The van der Waals surface area contributed by atoms with Gasteiger partial charge < -0.3 is 0 Å². The summed E-state index contributed by atoms with van der Waals surface area (Å²) in [6.45, 7) is 0. The average molecular weight is 705 g/mol. The fourth-order valence-corrected chi connectivity index (χ4v) is 10.0. The second kappa shape index (κ2) is 12.3. The molecule has 0 bridgehead atoms. The second-order valence-corrected chi connectivity index (χ2v) is 15.1. The minimum absolute atomic E-state index is 0.442. The molecule has 0 N–H and O–H groups in total. The van der Waals surface area contributed by atoms with E-state index in [0.717, 1.165) is 33.6 Å². The molecule has 252 valence electrons. The van der Waals surface area contributed by atoms with Gasteiger partial charge in [-0.1, -0.05) is 188 Å². The molecule has 0 saturated carbocycles. The van der Waals surface area contributed by atoms with Crippen molar-refractivity contribution in [3.05, 3.63) is 216 Å². The summed E-state index contributed by atoms with van der Waals surface area (Å²) in [7, 11) is 0. The largest absolute Gasteiger partial charge is 0.228 e. The van der Waals surface area contributed by atoms with Gasteiger partial charge in [-0.3, -0.25) is 0 Å². The first-order valence-electron chi connectivity index (χ1n) is 18.4. The van der Waals surface area contributed by atoms with Gasteiger partial charge in [-0.15, -0.1) is 0 Å². The number of hydrogen-bond donors (Lipinski definition) is 0. The van der Waals surface area contributed by atoms with E-state index in [1.165, 1.54) is 59.5 Å². The molecule has 0 amide bonds. The molecule has 0 fully saturated rings. The van der Waals surface area contributed by atoms with Gasteiger partial charge in [0, 0.05) is 26.5 Å². The molecule has 1 aliphatic heterocycles. The molecule has 2 heterocycles. The summed E-state index contributed by atoms with van der Waals surface area (Å²) in [6.07, 6.45) is 0. The Labute approximate surface area is 318 Å². The Kier molecular flexibility index (Phi) is 7.05. The van der Waals surface area contributed by atoms with Gasteiger partial charge in [0.25, 0.3) is 0 Å². The number of nitrogens with zero attached hydrogens (tertiary/aromatic N) is 2. The van der Waals surface area contributed by atoms with E-state index in [1.807, 2.05) is 23.9 Å². The van der Waals surface area contributed by atoms with Crippen LogP contribution in [0.3, 0.4) is 0 Å². The molecule has 54 heavy (non-hydrogen) atoms. The Morgan fingerprint density at radius 1 is 0.370 bits per heavy atom. The van der Waals surface area contributed by atoms with Crippen molar-refractivity contribution in [1.82, 2.24) is 9.97 Å². The fourth-order valence-electron chi connectivity index (χ4n) is 8.71. The zero-order valence-corrected chi connectivity index (χ0v) is 30.1. The molecule has 2 nitrogen and oxygen atoms in total. The summed E-state index contributed by atoms with van der Waals surface area (Å²) in [5, 5.41) is 2.58. The van der Waals surface area contributed by atoms with Crippen LogP contribution in [-0.2, 0) is 5.41 Å². The van der Waals surface area contributed by atoms with E-state index in [0.29, 0.717) is 5.82 Å². The molecule has 3 heteroatoms. The molecule has 1 aliphatic carbocycles. The number of fused-ring (bicyclic) bond motifs is 11. The van der Waals surface area contributed by atoms with Crippen LogP contribution in [0.4, 0.5) is 0 Å². The Balaban J connectivity index is 1.07. The van der Waals surface area contributed by atoms with Crippen LogP contribution >= 0.6 is 11.8 Å². The van der Waals surface area contributed by atoms with Crippen LogP contribution in [0.25, 0.3) is 66.9 Å². The van der Waals surface area contributed by atoms with Gasteiger partial charge in [-0.05, 0) is 73.5 Å². The number of rotatable bonds is 4. The standard InChI is InChI=1S/C51H32N2S/c1-3-14-35(15-4-1)46-32-47(36-16-5-2-6-17-36)53-50(52-46)37-25-23-33(24-26-37)38-28-30-48-45(31-38)51(44-29-27-34-13-7-8-18-39(34)49(44)54-48)42-21-11-9-19-40(42)41-20-10-12-22-43(41)51/h1-32H. The maximum absolute atomic E-state index is 5.08. The van der Waals surface area contributed by atoms with E-state index >= 15 is 0 Å². The summed E-state index contributed by atoms with van der Waals surface area (Å²) in [4.78, 5) is 12.8. The van der Waals surface area contributed by atoms with Crippen LogP contribution in [0.5, 0.6) is 0 Å². The Morgan fingerprint density at radius 2 is 0.926 bits per heavy atom. The lowest BCUT2D eigenvalue weighted by Crippen LogP contribution is -2.32. The van der Waals surface area contributed by atoms with Crippen LogP contribution in [0.15, 0.2) is 204 Å². The third-order valence-electron chi connectivity index (χ3n) is 11.2. The molecule has 0 radical (unpaired) electrons. The van der Waals surface area contributed by atoms with Crippen LogP contribution in [-0.4, -0.2) is 9.97 Å². The van der Waals surface area contributed by atoms with Crippen molar-refractivity contribution < 1.29 is 0 Å². The van der Waals surface area contributed by atoms with Crippen molar-refractivity contribution in [1.29, 1.82) is 0 Å². The minimum Gasteiger partial charge on any atom is -0.228 e. The first-order chi connectivity index (χ1) is 26.8. The lowest BCUT2D eigenvalue weighted by Gasteiger charge is -2.40. The first-order valence-corrected chi connectivity index (χ1v) is 19.2. The molecular weight excluding hydrogens is 673 g/mol. The van der Waals surface area contributed by atoms with Crippen LogP contribution in [0.1, 0.15) is 22.3 Å². The highest BCUT2D eigenvalue weighted by Crippen LogP contribution is 2.63. The molecular formula is C51H32N2S. The first kappa shape index (κ1) is 31.0. The van der Waals surface area contributed by atoms with E-state index in [2.05, 4.69) is 182 Å². The number of aromatic nitrogens is 2. The van der Waals surface area contributed by atoms with E-state index in [-0.39, 0.29) is 0 Å². The van der Waals surface area contributed by atoms with Crippen molar-refractivity contribution in [3.8, 4) is 56.2 Å². The highest BCUT2D eigenvalue weighted by Gasteiger charge is 2.50. The Morgan fingerprint density at radius 3 is 1.59 bits per heavy atom. The molecule has 0 saturated heterocycles. The second-order valence-electron chi connectivity index (χ2n) is 14.1. The Bertz CT molecular complexity index is 2790. The van der Waals surface area contributed by atoms with Gasteiger partial charge in [-0.2, -0.15) is 0 Å². The highest BCUT2D eigenvalue weighted by atomic mass is 32.2. The van der Waals surface area contributed by atoms with Gasteiger partial charge in [0.1, 0.15) is 0 Å². The molecule has 0 atom stereocenters. The Hall–Kier alpha value is -6.55. The molecule has 2 aliphatic rings. The van der Waals surface area contributed by atoms with Crippen LogP contribution < -0.4 is 0 Å². The van der Waals surface area contributed by atoms with Crippen LogP contribution in [0.2, 0.25) is 0 Å². The van der Waals surface area contributed by atoms with Gasteiger partial charge in [0.15, 0.2) is 5.82 Å². The zero-order chi connectivity index (χ0) is 35.6. The van der Waals surface area contributed by atoms with Crippen molar-refractivity contribution in [2.24, 2.45) is 0 Å². The average Bonchev–Trinajstić information content (AvgIpc) is 3.54. The summed E-state index contributed by atoms with van der Waals surface area (Å²) in [6, 6.07) is 70.2. The normalized spacial score (nSPS) is 13.3. The third kappa shape index (κ3) is 4.68. The smallest absolute Gasteiger partial charge is 0.160 e. The van der Waals surface area contributed by atoms with E-state index in [4.69, 9.17) is 9.97 Å². The van der Waals surface area contributed by atoms with E-state index in [1.54, 1.807) is 0 Å². The van der Waals surface area contributed by atoms with Crippen molar-refractivity contribution >= 4 is 22.5 Å². The van der Waals surface area contributed by atoms with Crippen LogP contribution in [0, 0.1) is 0 Å². The minimum atomic E-state index is -0.442. The maximum atomic E-state index is 5.08. The van der Waals surface area contributed by atoms with E-state index < -0.39 is 5.41 Å². The van der Waals surface area contributed by atoms with Crippen molar-refractivity contribution in [2.75, 3.05) is 0 Å². The SMILES string of the molecule is c1ccc(-c2cc(-c3ccccc3)nc(-c3ccc(-c4ccc5c(c4)C4(c6ccccc6-c6ccccc64)c4ccc6ccccc6c4S5)cc3)n2)cc1. The summed E-state index contributed by atoms with van der Waals surface area (Å²) in [5.74, 6) is 0.713. The molecule has 9 aromatic rings. The summed E-state index contributed by atoms with van der Waals surface area (Å²) >= 11 is 1.91. The van der Waals surface area contributed by atoms with Crippen molar-refractivity contribution in [3.63, 3.8) is 0 Å². The quantitative estimate of drug-likeness (QED) is 0.182. The number of hydrogen-bond acceptors (Lipinski definition) is 3. The molecule has 0 unspecified atom stereocenters. The fraction of sp³-hybridized carbons (Fsp3) is 0.0196. The third-order valence-corrected chi connectivity index (χ3v) is 12.4. The molecule has 1 spiro atoms. The molecule has 11 rings (SSSR count). The molecule has 1 aromatic heterocycles.